The first-order valence-electron chi connectivity index (χ1n) is 10.0. The molecule has 0 unspecified atom stereocenters. The molecule has 1 heterocycles. The van der Waals surface area contributed by atoms with Crippen LogP contribution in [0, 0.1) is 0 Å². The Bertz CT molecular complexity index is 1030. The van der Waals surface area contributed by atoms with E-state index in [1.165, 1.54) is 18.2 Å². The number of fused-ring (bicyclic) bond motifs is 1. The van der Waals surface area contributed by atoms with Crippen LogP contribution in [0.2, 0.25) is 0 Å². The molecule has 2 aromatic rings. The number of halogens is 3. The standard InChI is InChI=1S/C21H26F3N3O3S/c1-16(2)27(15-21(22,23)24)20(28)14-25-9-11-26(12-10-25)31(29,30)19-8-7-17-5-3-4-6-18(17)13-19/h3-8,13,16H,9-12,14-15H2,1-2H3. The van der Waals surface area contributed by atoms with Crippen LogP contribution in [-0.2, 0) is 14.8 Å². The van der Waals surface area contributed by atoms with E-state index in [9.17, 15) is 26.4 Å². The first kappa shape index (κ1) is 23.5. The van der Waals surface area contributed by atoms with Crippen molar-refractivity contribution in [2.75, 3.05) is 39.3 Å². The summed E-state index contributed by atoms with van der Waals surface area (Å²) in [5.74, 6) is -0.613. The molecular weight excluding hydrogens is 431 g/mol. The Labute approximate surface area is 180 Å². The molecule has 0 bridgehead atoms. The maximum absolute atomic E-state index is 13.0. The minimum absolute atomic E-state index is 0.169. The Kier molecular flexibility index (Phi) is 6.92. The molecule has 0 saturated carbocycles. The molecule has 1 amide bonds. The van der Waals surface area contributed by atoms with Gasteiger partial charge in [-0.05, 0) is 36.8 Å². The van der Waals surface area contributed by atoms with Crippen molar-refractivity contribution in [2.45, 2.75) is 31.0 Å². The highest BCUT2D eigenvalue weighted by atomic mass is 32.2. The van der Waals surface area contributed by atoms with Gasteiger partial charge >= 0.3 is 6.18 Å². The van der Waals surface area contributed by atoms with Crippen molar-refractivity contribution in [3.8, 4) is 0 Å². The number of hydrogen-bond donors (Lipinski definition) is 0. The van der Waals surface area contributed by atoms with Gasteiger partial charge in [-0.1, -0.05) is 30.3 Å². The third kappa shape index (κ3) is 5.75. The van der Waals surface area contributed by atoms with E-state index < -0.39 is 34.7 Å². The van der Waals surface area contributed by atoms with E-state index in [4.69, 9.17) is 0 Å². The molecule has 2 aromatic carbocycles. The number of piperazine rings is 1. The van der Waals surface area contributed by atoms with Crippen LogP contribution in [0.5, 0.6) is 0 Å². The summed E-state index contributed by atoms with van der Waals surface area (Å²) in [5, 5.41) is 1.77. The molecule has 31 heavy (non-hydrogen) atoms. The van der Waals surface area contributed by atoms with E-state index in [2.05, 4.69) is 0 Å². The minimum atomic E-state index is -4.47. The molecule has 10 heteroatoms. The lowest BCUT2D eigenvalue weighted by molar-refractivity contribution is -0.165. The SMILES string of the molecule is CC(C)N(CC(F)(F)F)C(=O)CN1CCN(S(=O)(=O)c2ccc3ccccc3c2)CC1. The molecule has 1 aliphatic heterocycles. The van der Waals surface area contributed by atoms with Crippen molar-refractivity contribution in [1.29, 1.82) is 0 Å². The van der Waals surface area contributed by atoms with Crippen LogP contribution < -0.4 is 0 Å². The lowest BCUT2D eigenvalue weighted by Crippen LogP contribution is -2.53. The second-order valence-electron chi connectivity index (χ2n) is 7.92. The van der Waals surface area contributed by atoms with Crippen LogP contribution in [0.25, 0.3) is 10.8 Å². The smallest absolute Gasteiger partial charge is 0.330 e. The van der Waals surface area contributed by atoms with Crippen molar-refractivity contribution in [3.63, 3.8) is 0 Å². The second-order valence-corrected chi connectivity index (χ2v) is 9.86. The molecule has 6 nitrogen and oxygen atoms in total. The summed E-state index contributed by atoms with van der Waals surface area (Å²) < 4.78 is 65.7. The van der Waals surface area contributed by atoms with Gasteiger partial charge in [-0.2, -0.15) is 17.5 Å². The molecule has 1 aliphatic rings. The third-order valence-electron chi connectivity index (χ3n) is 5.34. The van der Waals surface area contributed by atoms with Crippen LogP contribution in [0.3, 0.4) is 0 Å². The van der Waals surface area contributed by atoms with Crippen molar-refractivity contribution >= 4 is 26.7 Å². The topological polar surface area (TPSA) is 60.9 Å². The zero-order valence-corrected chi connectivity index (χ0v) is 18.3. The maximum Gasteiger partial charge on any atom is 0.406 e. The molecule has 0 spiro atoms. The first-order chi connectivity index (χ1) is 14.5. The van der Waals surface area contributed by atoms with Crippen LogP contribution in [0.15, 0.2) is 47.4 Å². The van der Waals surface area contributed by atoms with E-state index in [-0.39, 0.29) is 37.6 Å². The van der Waals surface area contributed by atoms with E-state index in [0.717, 1.165) is 15.7 Å². The molecule has 0 atom stereocenters. The summed E-state index contributed by atoms with van der Waals surface area (Å²) in [6.45, 7) is 2.51. The second kappa shape index (κ2) is 9.13. The number of sulfonamides is 1. The van der Waals surface area contributed by atoms with Crippen molar-refractivity contribution in [1.82, 2.24) is 14.1 Å². The quantitative estimate of drug-likeness (QED) is 0.669. The molecule has 0 aliphatic carbocycles. The van der Waals surface area contributed by atoms with E-state index >= 15 is 0 Å². The minimum Gasteiger partial charge on any atom is -0.330 e. The fourth-order valence-corrected chi connectivity index (χ4v) is 5.10. The zero-order valence-electron chi connectivity index (χ0n) is 17.5. The Morgan fingerprint density at radius 1 is 1.03 bits per heavy atom. The maximum atomic E-state index is 13.0. The van der Waals surface area contributed by atoms with Crippen LogP contribution in [0.1, 0.15) is 13.8 Å². The fraction of sp³-hybridized carbons (Fsp3) is 0.476. The number of carbonyl (C=O) groups excluding carboxylic acids is 1. The number of benzene rings is 2. The Hall–Kier alpha value is -2.17. The number of alkyl halides is 3. The summed E-state index contributed by atoms with van der Waals surface area (Å²) in [5.41, 5.74) is 0. The third-order valence-corrected chi connectivity index (χ3v) is 7.24. The van der Waals surface area contributed by atoms with Crippen LogP contribution in [-0.4, -0.2) is 79.9 Å². The highest BCUT2D eigenvalue weighted by molar-refractivity contribution is 7.89. The van der Waals surface area contributed by atoms with Crippen LogP contribution >= 0.6 is 0 Å². The number of rotatable bonds is 6. The van der Waals surface area contributed by atoms with Gasteiger partial charge in [-0.15, -0.1) is 0 Å². The van der Waals surface area contributed by atoms with E-state index in [0.29, 0.717) is 0 Å². The largest absolute Gasteiger partial charge is 0.406 e. The first-order valence-corrected chi connectivity index (χ1v) is 11.5. The molecule has 0 radical (unpaired) electrons. The predicted octanol–water partition coefficient (Wildman–Crippen LogP) is 2.95. The van der Waals surface area contributed by atoms with Crippen LogP contribution in [0.4, 0.5) is 13.2 Å². The van der Waals surface area contributed by atoms with Crippen molar-refractivity contribution < 1.29 is 26.4 Å². The molecule has 170 valence electrons. The monoisotopic (exact) mass is 457 g/mol. The summed E-state index contributed by atoms with van der Waals surface area (Å²) >= 11 is 0. The highest BCUT2D eigenvalue weighted by Gasteiger charge is 2.35. The average molecular weight is 458 g/mol. The van der Waals surface area contributed by atoms with Crippen molar-refractivity contribution in [3.05, 3.63) is 42.5 Å². The normalized spacial score (nSPS) is 16.7. The Morgan fingerprint density at radius 3 is 2.23 bits per heavy atom. The van der Waals surface area contributed by atoms with Gasteiger partial charge in [-0.25, -0.2) is 8.42 Å². The molecule has 0 aromatic heterocycles. The van der Waals surface area contributed by atoms with Gasteiger partial charge in [0.05, 0.1) is 11.4 Å². The van der Waals surface area contributed by atoms with Gasteiger partial charge in [0.25, 0.3) is 0 Å². The van der Waals surface area contributed by atoms with Gasteiger partial charge in [0.1, 0.15) is 6.54 Å². The Balaban J connectivity index is 1.63. The lowest BCUT2D eigenvalue weighted by atomic mass is 10.1. The summed E-state index contributed by atoms with van der Waals surface area (Å²) in [6, 6.07) is 11.9. The summed E-state index contributed by atoms with van der Waals surface area (Å²) in [7, 11) is -3.70. The van der Waals surface area contributed by atoms with Gasteiger partial charge in [-0.3, -0.25) is 9.69 Å². The van der Waals surface area contributed by atoms with Gasteiger partial charge in [0, 0.05) is 32.2 Å². The Morgan fingerprint density at radius 2 is 1.65 bits per heavy atom. The number of nitrogens with zero attached hydrogens (tertiary/aromatic N) is 3. The van der Waals surface area contributed by atoms with Crippen molar-refractivity contribution in [2.24, 2.45) is 0 Å². The number of hydrogen-bond acceptors (Lipinski definition) is 4. The van der Waals surface area contributed by atoms with E-state index in [1.54, 1.807) is 23.1 Å². The fourth-order valence-electron chi connectivity index (χ4n) is 3.64. The highest BCUT2D eigenvalue weighted by Crippen LogP contribution is 2.23. The molecule has 3 rings (SSSR count). The molecule has 1 fully saturated rings. The molecule has 1 saturated heterocycles. The number of carbonyl (C=O) groups is 1. The zero-order chi connectivity index (χ0) is 22.8. The lowest BCUT2D eigenvalue weighted by Gasteiger charge is -2.35. The summed E-state index contributed by atoms with van der Waals surface area (Å²) in [6.07, 6.45) is -4.47. The molecular formula is C21H26F3N3O3S. The summed E-state index contributed by atoms with van der Waals surface area (Å²) in [4.78, 5) is 15.1. The van der Waals surface area contributed by atoms with E-state index in [1.807, 2.05) is 24.3 Å². The molecule has 0 N–H and O–H groups in total. The predicted molar refractivity (Wildman–Crippen MR) is 112 cm³/mol. The van der Waals surface area contributed by atoms with Gasteiger partial charge < -0.3 is 4.90 Å². The average Bonchev–Trinajstić information content (AvgIpc) is 2.71. The van der Waals surface area contributed by atoms with Gasteiger partial charge in [0.15, 0.2) is 0 Å². The number of amides is 1. The van der Waals surface area contributed by atoms with Gasteiger partial charge in [0.2, 0.25) is 15.9 Å².